The van der Waals surface area contributed by atoms with Gasteiger partial charge in [-0.05, 0) is 49.4 Å². The van der Waals surface area contributed by atoms with E-state index in [1.54, 1.807) is 62.5 Å². The summed E-state index contributed by atoms with van der Waals surface area (Å²) in [5, 5.41) is 22.5. The summed E-state index contributed by atoms with van der Waals surface area (Å²) in [6, 6.07) is 7.86. The Morgan fingerprint density at radius 1 is 1.16 bits per heavy atom. The number of anilines is 3. The molecule has 1 aliphatic carbocycles. The third-order valence-corrected chi connectivity index (χ3v) is 8.90. The summed E-state index contributed by atoms with van der Waals surface area (Å²) in [7, 11) is 3.31. The fourth-order valence-corrected chi connectivity index (χ4v) is 6.22. The van der Waals surface area contributed by atoms with E-state index in [4.69, 9.17) is 28.2 Å². The number of amides is 1. The van der Waals surface area contributed by atoms with Crippen LogP contribution in [0.5, 0.6) is 0 Å². The summed E-state index contributed by atoms with van der Waals surface area (Å²) in [4.78, 5) is 32.8. The van der Waals surface area contributed by atoms with Gasteiger partial charge in [-0.25, -0.2) is 9.78 Å². The van der Waals surface area contributed by atoms with Crippen molar-refractivity contribution in [1.82, 2.24) is 14.9 Å². The van der Waals surface area contributed by atoms with Gasteiger partial charge in [-0.1, -0.05) is 50.0 Å². The molecule has 1 amide bonds. The number of hydrogen-bond donors (Lipinski definition) is 2. The van der Waals surface area contributed by atoms with E-state index >= 15 is 0 Å². The van der Waals surface area contributed by atoms with Crippen molar-refractivity contribution in [3.63, 3.8) is 0 Å². The predicted molar refractivity (Wildman–Crippen MR) is 168 cm³/mol. The average molecular weight is 668 g/mol. The maximum Gasteiger partial charge on any atom is 0.391 e. The van der Waals surface area contributed by atoms with Gasteiger partial charge in [0, 0.05) is 32.1 Å². The molecule has 0 radical (unpaired) electrons. The van der Waals surface area contributed by atoms with Crippen molar-refractivity contribution in [3.05, 3.63) is 45.4 Å². The van der Waals surface area contributed by atoms with Gasteiger partial charge in [0.2, 0.25) is 11.9 Å². The van der Waals surface area contributed by atoms with Crippen LogP contribution in [-0.2, 0) is 18.4 Å². The molecule has 2 aromatic carbocycles. The lowest BCUT2D eigenvalue weighted by Gasteiger charge is -2.39. The molecule has 0 bridgehead atoms. The highest BCUT2D eigenvalue weighted by molar-refractivity contribution is 6.40. The quantitative estimate of drug-likeness (QED) is 0.240. The van der Waals surface area contributed by atoms with E-state index in [1.807, 2.05) is 6.07 Å². The Bertz CT molecular complexity index is 1650. The Morgan fingerprint density at radius 3 is 2.36 bits per heavy atom. The van der Waals surface area contributed by atoms with Crippen LogP contribution in [0.3, 0.4) is 0 Å². The molecule has 1 saturated carbocycles. The zero-order valence-corrected chi connectivity index (χ0v) is 27.1. The number of nitrogens with one attached hydrogen (secondary N) is 1. The first kappa shape index (κ1) is 34.2. The summed E-state index contributed by atoms with van der Waals surface area (Å²) in [6.07, 6.45) is -4.18. The van der Waals surface area contributed by atoms with Gasteiger partial charge in [0.15, 0.2) is 0 Å². The Morgan fingerprint density at radius 2 is 1.80 bits per heavy atom. The number of carbonyl (C=O) groups is 2. The molecule has 1 heterocycles. The van der Waals surface area contributed by atoms with E-state index in [1.165, 1.54) is 11.0 Å². The molecule has 0 aliphatic heterocycles. The van der Waals surface area contributed by atoms with Gasteiger partial charge in [0.25, 0.3) is 0 Å². The van der Waals surface area contributed by atoms with Crippen LogP contribution >= 0.6 is 23.2 Å². The van der Waals surface area contributed by atoms with Crippen molar-refractivity contribution < 1.29 is 27.9 Å². The molecular formula is C31H35Cl2F3N6O3. The van der Waals surface area contributed by atoms with Gasteiger partial charge in [0.05, 0.1) is 50.0 Å². The van der Waals surface area contributed by atoms with Crippen molar-refractivity contribution >= 4 is 63.4 Å². The number of halogens is 5. The SMILES string of the molecule is CN(CC#N)c1cc2c(cc1C(=O)O)nc(N(c1c(Cl)ccc(CNC(=O)C(C)(C)C)c1Cl)C1CCC(C(F)(F)F)CC1)n2C. The van der Waals surface area contributed by atoms with Gasteiger partial charge in [-0.3, -0.25) is 4.79 Å². The van der Waals surface area contributed by atoms with Gasteiger partial charge in [-0.2, -0.15) is 18.4 Å². The van der Waals surface area contributed by atoms with Crippen LogP contribution in [-0.4, -0.2) is 52.3 Å². The fourth-order valence-electron chi connectivity index (χ4n) is 5.60. The van der Waals surface area contributed by atoms with Crippen LogP contribution in [0.1, 0.15) is 62.4 Å². The third-order valence-electron chi connectivity index (χ3n) is 8.17. The molecule has 14 heteroatoms. The van der Waals surface area contributed by atoms with Crippen molar-refractivity contribution in [2.75, 3.05) is 23.4 Å². The van der Waals surface area contributed by atoms with Crippen LogP contribution in [0.4, 0.5) is 30.5 Å². The number of aromatic nitrogens is 2. The summed E-state index contributed by atoms with van der Waals surface area (Å²) < 4.78 is 42.6. The smallest absolute Gasteiger partial charge is 0.391 e. The summed E-state index contributed by atoms with van der Waals surface area (Å²) in [5.41, 5.74) is 1.33. The normalized spacial score (nSPS) is 17.2. The van der Waals surface area contributed by atoms with E-state index in [-0.39, 0.29) is 60.3 Å². The molecule has 9 nitrogen and oxygen atoms in total. The van der Waals surface area contributed by atoms with E-state index in [9.17, 15) is 33.1 Å². The van der Waals surface area contributed by atoms with Gasteiger partial charge in [0.1, 0.15) is 6.54 Å². The number of imidazole rings is 1. The van der Waals surface area contributed by atoms with E-state index in [0.717, 1.165) is 0 Å². The average Bonchev–Trinajstić information content (AvgIpc) is 3.27. The Balaban J connectivity index is 1.89. The van der Waals surface area contributed by atoms with Gasteiger partial charge < -0.3 is 24.8 Å². The van der Waals surface area contributed by atoms with Crippen LogP contribution in [0.15, 0.2) is 24.3 Å². The number of rotatable bonds is 8. The number of alkyl halides is 3. The number of carbonyl (C=O) groups excluding carboxylic acids is 1. The lowest BCUT2D eigenvalue weighted by atomic mass is 9.84. The zero-order valence-electron chi connectivity index (χ0n) is 25.6. The predicted octanol–water partition coefficient (Wildman–Crippen LogP) is 7.46. The maximum absolute atomic E-state index is 13.6. The third kappa shape index (κ3) is 7.10. The minimum Gasteiger partial charge on any atom is -0.478 e. The van der Waals surface area contributed by atoms with Crippen molar-refractivity contribution in [2.24, 2.45) is 18.4 Å². The Labute approximate surface area is 269 Å². The largest absolute Gasteiger partial charge is 0.478 e. The Hall–Kier alpha value is -3.69. The van der Waals surface area contributed by atoms with E-state index in [0.29, 0.717) is 33.9 Å². The van der Waals surface area contributed by atoms with Crippen molar-refractivity contribution in [3.8, 4) is 6.07 Å². The molecule has 1 aromatic heterocycles. The molecule has 45 heavy (non-hydrogen) atoms. The number of hydrogen-bond acceptors (Lipinski definition) is 6. The number of carboxylic acid groups (broad SMARTS) is 1. The summed E-state index contributed by atoms with van der Waals surface area (Å²) >= 11 is 13.8. The molecule has 0 saturated heterocycles. The number of nitriles is 1. The molecule has 0 spiro atoms. The van der Waals surface area contributed by atoms with E-state index < -0.39 is 29.5 Å². The minimum absolute atomic E-state index is 0.0604. The first-order valence-corrected chi connectivity index (χ1v) is 15.1. The van der Waals surface area contributed by atoms with Gasteiger partial charge in [-0.15, -0.1) is 0 Å². The maximum atomic E-state index is 13.6. The molecular weight excluding hydrogens is 632 g/mol. The molecule has 4 rings (SSSR count). The van der Waals surface area contributed by atoms with Crippen LogP contribution in [0.25, 0.3) is 11.0 Å². The number of benzene rings is 2. The van der Waals surface area contributed by atoms with Crippen molar-refractivity contribution in [1.29, 1.82) is 5.26 Å². The van der Waals surface area contributed by atoms with Gasteiger partial charge >= 0.3 is 12.1 Å². The lowest BCUT2D eigenvalue weighted by Crippen LogP contribution is -2.39. The number of nitrogens with zero attached hydrogens (tertiary/aromatic N) is 5. The first-order chi connectivity index (χ1) is 20.9. The number of carboxylic acids is 1. The highest BCUT2D eigenvalue weighted by atomic mass is 35.5. The number of aryl methyl sites for hydroxylation is 1. The second-order valence-electron chi connectivity index (χ2n) is 12.4. The highest BCUT2D eigenvalue weighted by Crippen LogP contribution is 2.46. The standard InChI is InChI=1S/C31H35Cl2F3N6O3/c1-30(2,3)28(45)38-16-17-6-11-21(32)26(25(17)33)42(19-9-7-18(8-10-19)31(34,35)36)29-39-22-14-20(27(43)44)23(40(4)13-12-37)15-24(22)41(29)5/h6,11,14-15,18-19H,7-10,13,16H2,1-5H3,(H,38,45)(H,43,44). The minimum atomic E-state index is -4.31. The molecule has 3 aromatic rings. The first-order valence-electron chi connectivity index (χ1n) is 14.4. The topological polar surface area (TPSA) is 114 Å². The molecule has 242 valence electrons. The molecule has 0 unspecified atom stereocenters. The van der Waals surface area contributed by atoms with Crippen LogP contribution in [0.2, 0.25) is 10.0 Å². The fraction of sp³-hybridized carbons (Fsp3) is 0.484. The number of fused-ring (bicyclic) bond motifs is 1. The van der Waals surface area contributed by atoms with Crippen LogP contribution in [0, 0.1) is 22.7 Å². The zero-order chi connectivity index (χ0) is 33.4. The second kappa shape index (κ2) is 13.0. The van der Waals surface area contributed by atoms with Crippen LogP contribution < -0.4 is 15.1 Å². The second-order valence-corrected chi connectivity index (χ2v) is 13.2. The molecule has 1 fully saturated rings. The summed E-state index contributed by atoms with van der Waals surface area (Å²) in [5.74, 6) is -2.53. The monoisotopic (exact) mass is 666 g/mol. The Kier molecular flexibility index (Phi) is 9.85. The van der Waals surface area contributed by atoms with E-state index in [2.05, 4.69) is 5.32 Å². The molecule has 0 atom stereocenters. The van der Waals surface area contributed by atoms with Crippen molar-refractivity contribution in [2.45, 2.75) is 65.2 Å². The number of aromatic carboxylic acids is 1. The lowest BCUT2D eigenvalue weighted by molar-refractivity contribution is -0.182. The molecule has 1 aliphatic rings. The summed E-state index contributed by atoms with van der Waals surface area (Å²) in [6.45, 7) is 5.37. The highest BCUT2D eigenvalue weighted by Gasteiger charge is 2.43. The molecule has 2 N–H and O–H groups in total.